The Morgan fingerprint density at radius 1 is 1.04 bits per heavy atom. The van der Waals surface area contributed by atoms with Crippen LogP contribution in [0.4, 0.5) is 11.4 Å². The first-order valence-electron chi connectivity index (χ1n) is 9.34. The topological polar surface area (TPSA) is 57.7 Å². The highest BCUT2D eigenvalue weighted by Gasteiger charge is 2.42. The summed E-state index contributed by atoms with van der Waals surface area (Å²) in [5.41, 5.74) is 2.37. The lowest BCUT2D eigenvalue weighted by molar-refractivity contribution is -0.120. The molecule has 1 saturated carbocycles. The second kappa shape index (κ2) is 6.68. The Balaban J connectivity index is 1.82. The summed E-state index contributed by atoms with van der Waals surface area (Å²) in [4.78, 5) is 14.8. The Bertz CT molecular complexity index is 954. The maximum Gasteiger partial charge on any atom is 0.232 e. The molecule has 0 bridgehead atoms. The number of rotatable bonds is 4. The van der Waals surface area contributed by atoms with E-state index in [2.05, 4.69) is 0 Å². The van der Waals surface area contributed by atoms with Crippen molar-refractivity contribution in [1.29, 1.82) is 0 Å². The van der Waals surface area contributed by atoms with E-state index in [-0.39, 0.29) is 23.9 Å². The number of amides is 1. The predicted molar refractivity (Wildman–Crippen MR) is 107 cm³/mol. The van der Waals surface area contributed by atoms with Crippen molar-refractivity contribution in [2.45, 2.75) is 38.3 Å². The second-order valence-electron chi connectivity index (χ2n) is 7.54. The van der Waals surface area contributed by atoms with Gasteiger partial charge in [-0.05, 0) is 49.9 Å². The van der Waals surface area contributed by atoms with Crippen LogP contribution in [-0.2, 0) is 14.8 Å². The van der Waals surface area contributed by atoms with Gasteiger partial charge in [0.15, 0.2) is 0 Å². The van der Waals surface area contributed by atoms with Crippen LogP contribution < -0.4 is 9.21 Å². The van der Waals surface area contributed by atoms with Crippen LogP contribution in [0, 0.1) is 5.92 Å². The van der Waals surface area contributed by atoms with Gasteiger partial charge in [0, 0.05) is 17.6 Å². The first-order valence-corrected chi connectivity index (χ1v) is 11.2. The lowest BCUT2D eigenvalue weighted by Crippen LogP contribution is -2.48. The standard InChI is InChI=1S/C21H24N2O3S/c1-15-14-20(23(27(2,25)26)17-8-4-3-5-9-17)18-10-6-7-11-19(18)22(15)21(24)16-12-13-16/h3-11,15-16,20H,12-14H2,1-2H3/t15-,20+/m1/s1. The fourth-order valence-corrected chi connectivity index (χ4v) is 5.21. The SMILES string of the molecule is C[C@@H]1C[C@H](N(c2ccccc2)S(C)(=O)=O)c2ccccc2N1C(=O)C1CC1. The van der Waals surface area contributed by atoms with Crippen LogP contribution >= 0.6 is 0 Å². The van der Waals surface area contributed by atoms with Crippen molar-refractivity contribution >= 4 is 27.3 Å². The molecule has 1 fully saturated rings. The van der Waals surface area contributed by atoms with Gasteiger partial charge in [-0.3, -0.25) is 9.10 Å². The largest absolute Gasteiger partial charge is 0.309 e. The Kier molecular flexibility index (Phi) is 4.46. The summed E-state index contributed by atoms with van der Waals surface area (Å²) < 4.78 is 27.0. The molecule has 0 radical (unpaired) electrons. The molecular weight excluding hydrogens is 360 g/mol. The summed E-state index contributed by atoms with van der Waals surface area (Å²) in [5.74, 6) is 0.288. The van der Waals surface area contributed by atoms with Gasteiger partial charge in [0.1, 0.15) is 0 Å². The number of carbonyl (C=O) groups excluding carboxylic acids is 1. The first kappa shape index (κ1) is 18.0. The third-order valence-corrected chi connectivity index (χ3v) is 6.56. The molecule has 2 aliphatic rings. The molecule has 4 rings (SSSR count). The molecule has 0 N–H and O–H groups in total. The summed E-state index contributed by atoms with van der Waals surface area (Å²) in [6.45, 7) is 2.01. The number of sulfonamides is 1. The lowest BCUT2D eigenvalue weighted by Gasteiger charge is -2.43. The van der Waals surface area contributed by atoms with E-state index in [0.29, 0.717) is 12.1 Å². The smallest absolute Gasteiger partial charge is 0.232 e. The zero-order valence-electron chi connectivity index (χ0n) is 15.6. The van der Waals surface area contributed by atoms with Gasteiger partial charge >= 0.3 is 0 Å². The van der Waals surface area contributed by atoms with Gasteiger partial charge in [0.05, 0.1) is 18.0 Å². The van der Waals surface area contributed by atoms with Gasteiger partial charge in [0.2, 0.25) is 15.9 Å². The third kappa shape index (κ3) is 3.34. The zero-order valence-corrected chi connectivity index (χ0v) is 16.4. The molecule has 6 heteroatoms. The molecule has 1 heterocycles. The van der Waals surface area contributed by atoms with E-state index in [0.717, 1.165) is 24.1 Å². The van der Waals surface area contributed by atoms with E-state index in [9.17, 15) is 13.2 Å². The molecule has 5 nitrogen and oxygen atoms in total. The van der Waals surface area contributed by atoms with E-state index in [1.54, 1.807) is 0 Å². The van der Waals surface area contributed by atoms with Crippen molar-refractivity contribution in [3.63, 3.8) is 0 Å². The molecule has 2 aromatic carbocycles. The predicted octanol–water partition coefficient (Wildman–Crippen LogP) is 3.73. The number of fused-ring (bicyclic) bond motifs is 1. The van der Waals surface area contributed by atoms with Crippen LogP contribution in [0.5, 0.6) is 0 Å². The molecule has 2 aromatic rings. The molecule has 27 heavy (non-hydrogen) atoms. The molecule has 0 aromatic heterocycles. The van der Waals surface area contributed by atoms with E-state index in [1.165, 1.54) is 10.6 Å². The normalized spacial score (nSPS) is 22.2. The minimum absolute atomic E-state index is 0.0639. The summed E-state index contributed by atoms with van der Waals surface area (Å²) in [7, 11) is -3.50. The highest BCUT2D eigenvalue weighted by atomic mass is 32.2. The van der Waals surface area contributed by atoms with Gasteiger partial charge in [-0.2, -0.15) is 0 Å². The van der Waals surface area contributed by atoms with E-state index >= 15 is 0 Å². The maximum absolute atomic E-state index is 12.9. The fraction of sp³-hybridized carbons (Fsp3) is 0.381. The van der Waals surface area contributed by atoms with Gasteiger partial charge in [-0.1, -0.05) is 36.4 Å². The van der Waals surface area contributed by atoms with Crippen molar-refractivity contribution in [3.8, 4) is 0 Å². The fourth-order valence-electron chi connectivity index (χ4n) is 4.04. The van der Waals surface area contributed by atoms with Crippen molar-refractivity contribution in [1.82, 2.24) is 0 Å². The minimum atomic E-state index is -3.50. The molecule has 1 aliphatic heterocycles. The van der Waals surface area contributed by atoms with Crippen LogP contribution in [-0.4, -0.2) is 26.6 Å². The summed E-state index contributed by atoms with van der Waals surface area (Å²) in [5, 5.41) is 0. The Hall–Kier alpha value is -2.34. The number of benzene rings is 2. The van der Waals surface area contributed by atoms with Crippen LogP contribution in [0.3, 0.4) is 0 Å². The van der Waals surface area contributed by atoms with E-state index in [1.807, 2.05) is 66.4 Å². The Morgan fingerprint density at radius 2 is 1.67 bits per heavy atom. The molecule has 0 unspecified atom stereocenters. The molecule has 1 amide bonds. The average molecular weight is 385 g/mol. The quantitative estimate of drug-likeness (QED) is 0.807. The van der Waals surface area contributed by atoms with Crippen LogP contribution in [0.25, 0.3) is 0 Å². The number of anilines is 2. The number of hydrogen-bond acceptors (Lipinski definition) is 3. The molecule has 2 atom stereocenters. The Morgan fingerprint density at radius 3 is 2.30 bits per heavy atom. The second-order valence-corrected chi connectivity index (χ2v) is 9.40. The Labute approximate surface area is 160 Å². The lowest BCUT2D eigenvalue weighted by atomic mass is 9.91. The summed E-state index contributed by atoms with van der Waals surface area (Å²) in [6.07, 6.45) is 3.71. The molecule has 0 spiro atoms. The van der Waals surface area contributed by atoms with Crippen LogP contribution in [0.15, 0.2) is 54.6 Å². The maximum atomic E-state index is 12.9. The highest BCUT2D eigenvalue weighted by Crippen LogP contribution is 2.45. The van der Waals surface area contributed by atoms with Gasteiger partial charge in [-0.15, -0.1) is 0 Å². The van der Waals surface area contributed by atoms with E-state index in [4.69, 9.17) is 0 Å². The molecule has 0 saturated heterocycles. The van der Waals surface area contributed by atoms with Gasteiger partial charge in [0.25, 0.3) is 0 Å². The zero-order chi connectivity index (χ0) is 19.2. The molecule has 1 aliphatic carbocycles. The van der Waals surface area contributed by atoms with Gasteiger partial charge < -0.3 is 4.90 Å². The van der Waals surface area contributed by atoms with Crippen LogP contribution in [0.2, 0.25) is 0 Å². The number of hydrogen-bond donors (Lipinski definition) is 0. The number of para-hydroxylation sites is 2. The third-order valence-electron chi connectivity index (χ3n) is 5.38. The first-order chi connectivity index (χ1) is 12.9. The summed E-state index contributed by atoms with van der Waals surface area (Å²) >= 11 is 0. The van der Waals surface area contributed by atoms with Crippen LogP contribution in [0.1, 0.15) is 37.8 Å². The van der Waals surface area contributed by atoms with Crippen molar-refractivity contribution in [2.75, 3.05) is 15.5 Å². The van der Waals surface area contributed by atoms with E-state index < -0.39 is 10.0 Å². The average Bonchev–Trinajstić information content (AvgIpc) is 3.46. The minimum Gasteiger partial charge on any atom is -0.309 e. The monoisotopic (exact) mass is 384 g/mol. The van der Waals surface area contributed by atoms with Crippen molar-refractivity contribution in [2.24, 2.45) is 5.92 Å². The molecule has 142 valence electrons. The van der Waals surface area contributed by atoms with Crippen molar-refractivity contribution < 1.29 is 13.2 Å². The van der Waals surface area contributed by atoms with Gasteiger partial charge in [-0.25, -0.2) is 8.42 Å². The number of carbonyl (C=O) groups is 1. The summed E-state index contributed by atoms with van der Waals surface area (Å²) in [6, 6.07) is 16.5. The highest BCUT2D eigenvalue weighted by molar-refractivity contribution is 7.92. The molecular formula is C21H24N2O3S. The van der Waals surface area contributed by atoms with Crippen molar-refractivity contribution in [3.05, 3.63) is 60.2 Å². The number of nitrogens with zero attached hydrogens (tertiary/aromatic N) is 2.